The smallest absolute Gasteiger partial charge is 0.255 e. The molecule has 4 aromatic rings. The number of nitrogens with one attached hydrogen (secondary N) is 2. The van der Waals surface area contributed by atoms with E-state index in [0.29, 0.717) is 22.9 Å². The zero-order valence-electron chi connectivity index (χ0n) is 17.3. The van der Waals surface area contributed by atoms with Crippen molar-refractivity contribution in [3.8, 4) is 17.0 Å². The van der Waals surface area contributed by atoms with Crippen LogP contribution in [0.25, 0.3) is 11.3 Å². The van der Waals surface area contributed by atoms with Crippen molar-refractivity contribution >= 4 is 23.1 Å². The maximum absolute atomic E-state index is 12.7. The highest BCUT2D eigenvalue weighted by Crippen LogP contribution is 2.24. The van der Waals surface area contributed by atoms with Crippen molar-refractivity contribution in [2.75, 3.05) is 10.6 Å². The molecule has 0 fully saturated rings. The van der Waals surface area contributed by atoms with E-state index in [2.05, 4.69) is 20.6 Å². The molecule has 3 aromatic carbocycles. The Morgan fingerprint density at radius 2 is 1.68 bits per heavy atom. The lowest BCUT2D eigenvalue weighted by Crippen LogP contribution is -2.13. The first-order valence-electron chi connectivity index (χ1n) is 9.87. The van der Waals surface area contributed by atoms with Crippen molar-refractivity contribution in [3.05, 3.63) is 95.8 Å². The van der Waals surface area contributed by atoms with Gasteiger partial charge in [0.15, 0.2) is 0 Å². The summed E-state index contributed by atoms with van der Waals surface area (Å²) in [6, 6.07) is 23.8. The number of phenols is 1. The molecule has 0 saturated heterocycles. The fourth-order valence-corrected chi connectivity index (χ4v) is 3.26. The fourth-order valence-electron chi connectivity index (χ4n) is 3.26. The predicted molar refractivity (Wildman–Crippen MR) is 123 cm³/mol. The zero-order chi connectivity index (χ0) is 21.8. The Morgan fingerprint density at radius 1 is 0.871 bits per heavy atom. The Balaban J connectivity index is 1.55. The molecule has 3 N–H and O–H groups in total. The highest BCUT2D eigenvalue weighted by molar-refractivity contribution is 6.05. The number of aromatic hydroxyl groups is 1. The monoisotopic (exact) mass is 410 g/mol. The quantitative estimate of drug-likeness (QED) is 0.380. The van der Waals surface area contributed by atoms with Gasteiger partial charge in [0.05, 0.1) is 5.69 Å². The Morgan fingerprint density at radius 3 is 2.45 bits per heavy atom. The summed E-state index contributed by atoms with van der Waals surface area (Å²) in [5.74, 6) is 1.23. The average molecular weight is 410 g/mol. The van der Waals surface area contributed by atoms with Gasteiger partial charge in [0.25, 0.3) is 5.91 Å². The van der Waals surface area contributed by atoms with Gasteiger partial charge in [-0.2, -0.15) is 0 Å². The maximum atomic E-state index is 12.7. The van der Waals surface area contributed by atoms with Gasteiger partial charge in [0.2, 0.25) is 0 Å². The van der Waals surface area contributed by atoms with Crippen LogP contribution in [0.1, 0.15) is 21.7 Å². The average Bonchev–Trinajstić information content (AvgIpc) is 2.76. The molecule has 0 saturated carbocycles. The van der Waals surface area contributed by atoms with Crippen molar-refractivity contribution in [2.24, 2.45) is 0 Å². The predicted octanol–water partition coefficient (Wildman–Crippen LogP) is 5.46. The van der Waals surface area contributed by atoms with Gasteiger partial charge in [0, 0.05) is 28.6 Å². The number of nitrogens with zero attached hydrogens (tertiary/aromatic N) is 2. The van der Waals surface area contributed by atoms with Crippen molar-refractivity contribution in [3.63, 3.8) is 0 Å². The van der Waals surface area contributed by atoms with E-state index in [4.69, 9.17) is 0 Å². The lowest BCUT2D eigenvalue weighted by atomic mass is 10.1. The number of hydrogen-bond acceptors (Lipinski definition) is 5. The molecule has 1 aromatic heterocycles. The molecule has 0 atom stereocenters. The van der Waals surface area contributed by atoms with Crippen LogP contribution in [0.4, 0.5) is 17.2 Å². The van der Waals surface area contributed by atoms with Crippen LogP contribution < -0.4 is 10.6 Å². The molecule has 0 aliphatic heterocycles. The molecule has 6 heteroatoms. The Kier molecular flexibility index (Phi) is 5.62. The minimum Gasteiger partial charge on any atom is -0.508 e. The van der Waals surface area contributed by atoms with Gasteiger partial charge in [-0.15, -0.1) is 0 Å². The molecule has 0 bridgehead atoms. The Bertz CT molecular complexity index is 1240. The van der Waals surface area contributed by atoms with E-state index >= 15 is 0 Å². The highest BCUT2D eigenvalue weighted by Gasteiger charge is 2.10. The molecule has 1 amide bonds. The first-order chi connectivity index (χ1) is 15.0. The molecule has 4 rings (SSSR count). The van der Waals surface area contributed by atoms with Gasteiger partial charge in [-0.05, 0) is 55.8 Å². The van der Waals surface area contributed by atoms with Crippen LogP contribution >= 0.6 is 0 Å². The number of benzene rings is 3. The van der Waals surface area contributed by atoms with E-state index < -0.39 is 0 Å². The molecule has 0 spiro atoms. The number of phenolic OH excluding ortho intramolecular Hbond substituents is 1. The van der Waals surface area contributed by atoms with E-state index in [1.165, 1.54) is 0 Å². The summed E-state index contributed by atoms with van der Waals surface area (Å²) in [6.07, 6.45) is 0. The van der Waals surface area contributed by atoms with Gasteiger partial charge in [0.1, 0.15) is 17.4 Å². The summed E-state index contributed by atoms with van der Waals surface area (Å²) < 4.78 is 0. The van der Waals surface area contributed by atoms with Crippen LogP contribution in [0.15, 0.2) is 78.9 Å². The van der Waals surface area contributed by atoms with E-state index in [9.17, 15) is 9.90 Å². The highest BCUT2D eigenvalue weighted by atomic mass is 16.3. The third-order valence-corrected chi connectivity index (χ3v) is 4.76. The molecule has 1 heterocycles. The molecule has 31 heavy (non-hydrogen) atoms. The second-order valence-corrected chi connectivity index (χ2v) is 7.21. The van der Waals surface area contributed by atoms with Crippen molar-refractivity contribution < 1.29 is 9.90 Å². The van der Waals surface area contributed by atoms with Crippen LogP contribution in [-0.2, 0) is 0 Å². The molecule has 0 aliphatic carbocycles. The van der Waals surface area contributed by atoms with E-state index in [1.54, 1.807) is 30.3 Å². The van der Waals surface area contributed by atoms with E-state index in [-0.39, 0.29) is 11.7 Å². The second-order valence-electron chi connectivity index (χ2n) is 7.21. The number of amides is 1. The molecule has 0 radical (unpaired) electrons. The summed E-state index contributed by atoms with van der Waals surface area (Å²) in [4.78, 5) is 21.7. The largest absolute Gasteiger partial charge is 0.508 e. The lowest BCUT2D eigenvalue weighted by molar-refractivity contribution is 0.102. The van der Waals surface area contributed by atoms with Crippen LogP contribution in [0.3, 0.4) is 0 Å². The fraction of sp³-hybridized carbons (Fsp3) is 0.0800. The van der Waals surface area contributed by atoms with Crippen LogP contribution in [-0.4, -0.2) is 21.0 Å². The number of carbonyl (C=O) groups excluding carboxylic acids is 1. The normalized spacial score (nSPS) is 10.5. The van der Waals surface area contributed by atoms with Crippen molar-refractivity contribution in [1.82, 2.24) is 9.97 Å². The summed E-state index contributed by atoms with van der Waals surface area (Å²) in [5, 5.41) is 15.7. The number of rotatable bonds is 5. The van der Waals surface area contributed by atoms with Gasteiger partial charge < -0.3 is 15.7 Å². The first kappa shape index (κ1) is 20.1. The molecule has 0 aliphatic rings. The third kappa shape index (κ3) is 4.87. The van der Waals surface area contributed by atoms with E-state index in [1.807, 2.05) is 62.4 Å². The Labute approximate surface area is 180 Å². The minimum absolute atomic E-state index is 0.164. The number of aromatic nitrogens is 2. The maximum Gasteiger partial charge on any atom is 0.255 e. The first-order valence-corrected chi connectivity index (χ1v) is 9.87. The third-order valence-electron chi connectivity index (χ3n) is 4.76. The van der Waals surface area contributed by atoms with Gasteiger partial charge in [-0.1, -0.05) is 36.4 Å². The summed E-state index contributed by atoms with van der Waals surface area (Å²) in [6.45, 7) is 3.68. The standard InChI is InChI=1S/C25H22N4O2/c1-16-13-21(30)11-12-22(16)29-25(31)19-9-6-10-20(14-19)28-24-15-23(26-17(2)27-24)18-7-4-3-5-8-18/h3-15,30H,1-2H3,(H,29,31)(H,26,27,28). The van der Waals surface area contributed by atoms with Crippen LogP contribution in [0.5, 0.6) is 5.75 Å². The molecular weight excluding hydrogens is 388 g/mol. The SMILES string of the molecule is Cc1nc(Nc2cccc(C(=O)Nc3ccc(O)cc3C)c2)cc(-c2ccccc2)n1. The number of carbonyl (C=O) groups is 1. The van der Waals surface area contributed by atoms with Crippen LogP contribution in [0.2, 0.25) is 0 Å². The van der Waals surface area contributed by atoms with Gasteiger partial charge in [-0.3, -0.25) is 4.79 Å². The molecular formula is C25H22N4O2. The topological polar surface area (TPSA) is 87.1 Å². The number of aryl methyl sites for hydroxylation is 2. The van der Waals surface area contributed by atoms with Crippen molar-refractivity contribution in [2.45, 2.75) is 13.8 Å². The van der Waals surface area contributed by atoms with Crippen LogP contribution in [0, 0.1) is 13.8 Å². The molecule has 6 nitrogen and oxygen atoms in total. The summed E-state index contributed by atoms with van der Waals surface area (Å²) >= 11 is 0. The Hall–Kier alpha value is -4.19. The minimum atomic E-state index is -0.235. The van der Waals surface area contributed by atoms with E-state index in [0.717, 1.165) is 22.5 Å². The van der Waals surface area contributed by atoms with Gasteiger partial charge >= 0.3 is 0 Å². The number of hydrogen-bond donors (Lipinski definition) is 3. The molecule has 154 valence electrons. The second kappa shape index (κ2) is 8.67. The summed E-state index contributed by atoms with van der Waals surface area (Å²) in [7, 11) is 0. The number of anilines is 3. The zero-order valence-corrected chi connectivity index (χ0v) is 17.3. The molecule has 0 unspecified atom stereocenters. The lowest BCUT2D eigenvalue weighted by Gasteiger charge is -2.11. The summed E-state index contributed by atoms with van der Waals surface area (Å²) in [5.41, 5.74) is 4.52. The van der Waals surface area contributed by atoms with Gasteiger partial charge in [-0.25, -0.2) is 9.97 Å². The van der Waals surface area contributed by atoms with Crippen molar-refractivity contribution in [1.29, 1.82) is 0 Å².